The van der Waals surface area contributed by atoms with Crippen LogP contribution in [0.3, 0.4) is 0 Å². The highest BCUT2D eigenvalue weighted by atomic mass is 16.5. The minimum absolute atomic E-state index is 0.122. The van der Waals surface area contributed by atoms with Crippen molar-refractivity contribution < 1.29 is 18.7 Å². The van der Waals surface area contributed by atoms with Gasteiger partial charge in [0.1, 0.15) is 23.3 Å². The number of fused-ring (bicyclic) bond motifs is 1. The summed E-state index contributed by atoms with van der Waals surface area (Å²) < 4.78 is 16.5. The Morgan fingerprint density at radius 3 is 2.61 bits per heavy atom. The minimum Gasteiger partial charge on any atom is -0.495 e. The molecular weight excluding hydrogens is 394 g/mol. The monoisotopic (exact) mass is 415 g/mol. The van der Waals surface area contributed by atoms with Gasteiger partial charge in [-0.3, -0.25) is 9.59 Å². The zero-order valence-corrected chi connectivity index (χ0v) is 17.2. The summed E-state index contributed by atoms with van der Waals surface area (Å²) in [5.74, 6) is 0.667. The molecule has 0 saturated carbocycles. The molecular formula is C25H21NO5. The molecule has 0 spiro atoms. The second kappa shape index (κ2) is 8.75. The number of hydrogen-bond acceptors (Lipinski definition) is 5. The van der Waals surface area contributed by atoms with E-state index in [1.165, 1.54) is 6.26 Å². The molecule has 0 aliphatic heterocycles. The van der Waals surface area contributed by atoms with E-state index in [1.54, 1.807) is 31.4 Å². The van der Waals surface area contributed by atoms with Gasteiger partial charge in [0.25, 0.3) is 5.91 Å². The lowest BCUT2D eigenvalue weighted by atomic mass is 10.1. The fourth-order valence-corrected chi connectivity index (χ4v) is 3.27. The maximum absolute atomic E-state index is 12.8. The van der Waals surface area contributed by atoms with Crippen LogP contribution in [0.2, 0.25) is 0 Å². The van der Waals surface area contributed by atoms with Crippen LogP contribution in [-0.4, -0.2) is 19.6 Å². The Hall–Kier alpha value is -4.06. The average Bonchev–Trinajstić information content (AvgIpc) is 2.79. The summed E-state index contributed by atoms with van der Waals surface area (Å²) in [5, 5.41) is 3.23. The van der Waals surface area contributed by atoms with Crippen LogP contribution < -0.4 is 20.2 Å². The van der Waals surface area contributed by atoms with Crippen molar-refractivity contribution in [3.05, 3.63) is 88.8 Å². The second-order valence-electron chi connectivity index (χ2n) is 7.04. The first-order chi connectivity index (χ1) is 15.0. The molecule has 0 radical (unpaired) electrons. The van der Waals surface area contributed by atoms with Crippen LogP contribution in [0.25, 0.3) is 22.1 Å². The first-order valence-corrected chi connectivity index (χ1v) is 9.73. The number of carbonyl (C=O) groups excluding carboxylic acids is 1. The number of amides is 1. The van der Waals surface area contributed by atoms with Gasteiger partial charge in [-0.25, -0.2) is 0 Å². The van der Waals surface area contributed by atoms with E-state index in [4.69, 9.17) is 13.9 Å². The third kappa shape index (κ3) is 4.43. The lowest BCUT2D eigenvalue weighted by Gasteiger charge is -2.12. The number of hydrogen-bond donors (Lipinski definition) is 1. The van der Waals surface area contributed by atoms with E-state index in [1.807, 2.05) is 49.4 Å². The van der Waals surface area contributed by atoms with Crippen molar-refractivity contribution >= 4 is 22.6 Å². The van der Waals surface area contributed by atoms with Gasteiger partial charge < -0.3 is 19.2 Å². The topological polar surface area (TPSA) is 77.8 Å². The maximum Gasteiger partial charge on any atom is 0.262 e. The average molecular weight is 415 g/mol. The number of nitrogens with one attached hydrogen (secondary N) is 1. The third-order valence-electron chi connectivity index (χ3n) is 4.83. The van der Waals surface area contributed by atoms with Gasteiger partial charge in [-0.15, -0.1) is 0 Å². The zero-order chi connectivity index (χ0) is 21.8. The quantitative estimate of drug-likeness (QED) is 0.490. The predicted octanol–water partition coefficient (Wildman–Crippen LogP) is 4.79. The molecule has 1 aromatic heterocycles. The van der Waals surface area contributed by atoms with E-state index >= 15 is 0 Å². The molecule has 0 fully saturated rings. The van der Waals surface area contributed by atoms with Crippen LogP contribution in [0.1, 0.15) is 5.56 Å². The first-order valence-electron chi connectivity index (χ1n) is 9.73. The summed E-state index contributed by atoms with van der Waals surface area (Å²) in [7, 11) is 1.54. The van der Waals surface area contributed by atoms with Gasteiger partial charge in [-0.05, 0) is 42.3 Å². The molecule has 0 saturated heterocycles. The molecule has 0 aliphatic rings. The fourth-order valence-electron chi connectivity index (χ4n) is 3.27. The SMILES string of the molecule is COc1ccc(C)cc1NC(=O)COc1ccc2c(=O)c(-c3ccccc3)coc2c1. The van der Waals surface area contributed by atoms with Crippen molar-refractivity contribution in [2.24, 2.45) is 0 Å². The Morgan fingerprint density at radius 2 is 1.84 bits per heavy atom. The van der Waals surface area contributed by atoms with Gasteiger partial charge in [0.2, 0.25) is 0 Å². The highest BCUT2D eigenvalue weighted by Crippen LogP contribution is 2.26. The molecule has 156 valence electrons. The normalized spacial score (nSPS) is 10.6. The van der Waals surface area contributed by atoms with Gasteiger partial charge >= 0.3 is 0 Å². The smallest absolute Gasteiger partial charge is 0.262 e. The molecule has 31 heavy (non-hydrogen) atoms. The summed E-state index contributed by atoms with van der Waals surface area (Å²) in [5.41, 5.74) is 3.13. The standard InChI is InChI=1S/C25H21NO5/c1-16-8-11-22(29-2)21(12-16)26-24(27)15-30-18-9-10-19-23(13-18)31-14-20(25(19)28)17-6-4-3-5-7-17/h3-14H,15H2,1-2H3,(H,26,27). The Morgan fingerprint density at radius 1 is 1.03 bits per heavy atom. The summed E-state index contributed by atoms with van der Waals surface area (Å²) in [6.45, 7) is 1.73. The van der Waals surface area contributed by atoms with Gasteiger partial charge in [0.05, 0.1) is 23.7 Å². The molecule has 0 bridgehead atoms. The van der Waals surface area contributed by atoms with Crippen molar-refractivity contribution in [1.82, 2.24) is 0 Å². The number of ether oxygens (including phenoxy) is 2. The van der Waals surface area contributed by atoms with Crippen molar-refractivity contribution in [2.75, 3.05) is 19.0 Å². The van der Waals surface area contributed by atoms with Crippen LogP contribution in [0.4, 0.5) is 5.69 Å². The van der Waals surface area contributed by atoms with Gasteiger partial charge in [0, 0.05) is 6.07 Å². The van der Waals surface area contributed by atoms with E-state index in [2.05, 4.69) is 5.32 Å². The van der Waals surface area contributed by atoms with Crippen LogP contribution in [0.15, 0.2) is 82.2 Å². The summed E-state index contributed by atoms with van der Waals surface area (Å²) in [6.07, 6.45) is 1.44. The lowest BCUT2D eigenvalue weighted by Crippen LogP contribution is -2.20. The van der Waals surface area contributed by atoms with Crippen molar-refractivity contribution in [1.29, 1.82) is 0 Å². The van der Waals surface area contributed by atoms with Gasteiger partial charge in [0.15, 0.2) is 12.0 Å². The number of carbonyl (C=O) groups is 1. The van der Waals surface area contributed by atoms with E-state index < -0.39 is 0 Å². The van der Waals surface area contributed by atoms with E-state index in [9.17, 15) is 9.59 Å². The Labute approximate surface area is 179 Å². The number of methoxy groups -OCH3 is 1. The molecule has 0 unspecified atom stereocenters. The summed E-state index contributed by atoms with van der Waals surface area (Å²) in [6, 6.07) is 19.8. The van der Waals surface area contributed by atoms with Crippen molar-refractivity contribution in [2.45, 2.75) is 6.92 Å². The zero-order valence-electron chi connectivity index (χ0n) is 17.2. The van der Waals surface area contributed by atoms with Crippen molar-refractivity contribution in [3.8, 4) is 22.6 Å². The molecule has 0 aliphatic carbocycles. The molecule has 6 nitrogen and oxygen atoms in total. The Kier molecular flexibility index (Phi) is 5.71. The number of rotatable bonds is 6. The number of aryl methyl sites for hydroxylation is 1. The highest BCUT2D eigenvalue weighted by molar-refractivity contribution is 5.93. The van der Waals surface area contributed by atoms with Gasteiger partial charge in [-0.1, -0.05) is 36.4 Å². The largest absolute Gasteiger partial charge is 0.495 e. The first kappa shape index (κ1) is 20.2. The lowest BCUT2D eigenvalue weighted by molar-refractivity contribution is -0.118. The molecule has 1 N–H and O–H groups in total. The van der Waals surface area contributed by atoms with Crippen LogP contribution >= 0.6 is 0 Å². The van der Waals surface area contributed by atoms with Crippen LogP contribution in [0.5, 0.6) is 11.5 Å². The number of benzene rings is 3. The molecule has 1 heterocycles. The molecule has 0 atom stereocenters. The van der Waals surface area contributed by atoms with E-state index in [-0.39, 0.29) is 17.9 Å². The Bertz CT molecular complexity index is 1290. The predicted molar refractivity (Wildman–Crippen MR) is 120 cm³/mol. The number of anilines is 1. The molecule has 4 aromatic rings. The van der Waals surface area contributed by atoms with Crippen molar-refractivity contribution in [3.63, 3.8) is 0 Å². The summed E-state index contributed by atoms with van der Waals surface area (Å²) in [4.78, 5) is 25.1. The maximum atomic E-state index is 12.8. The Balaban J connectivity index is 1.49. The molecule has 6 heteroatoms. The fraction of sp³-hybridized carbons (Fsp3) is 0.120. The third-order valence-corrected chi connectivity index (χ3v) is 4.83. The van der Waals surface area contributed by atoms with Crippen LogP contribution in [-0.2, 0) is 4.79 Å². The van der Waals surface area contributed by atoms with Crippen LogP contribution in [0, 0.1) is 6.92 Å². The van der Waals surface area contributed by atoms with E-state index in [0.29, 0.717) is 33.7 Å². The second-order valence-corrected chi connectivity index (χ2v) is 7.04. The molecule has 4 rings (SSSR count). The molecule has 3 aromatic carbocycles. The summed E-state index contributed by atoms with van der Waals surface area (Å²) >= 11 is 0. The van der Waals surface area contributed by atoms with Gasteiger partial charge in [-0.2, -0.15) is 0 Å². The highest BCUT2D eigenvalue weighted by Gasteiger charge is 2.12. The minimum atomic E-state index is -0.329. The van der Waals surface area contributed by atoms with E-state index in [0.717, 1.165) is 11.1 Å². The molecule has 1 amide bonds.